The summed E-state index contributed by atoms with van der Waals surface area (Å²) in [5.41, 5.74) is 2.13. The summed E-state index contributed by atoms with van der Waals surface area (Å²) < 4.78 is 5.33. The van der Waals surface area contributed by atoms with Gasteiger partial charge in [0, 0.05) is 6.92 Å². The number of imidazole rings is 1. The molecule has 0 radical (unpaired) electrons. The van der Waals surface area contributed by atoms with E-state index in [1.165, 1.54) is 19.1 Å². The maximum absolute atomic E-state index is 10.7. The number of aromatic nitrogens is 2. The Morgan fingerprint density at radius 2 is 2.32 bits per heavy atom. The Hall–Kier alpha value is -2.68. The molecule has 0 saturated heterocycles. The van der Waals surface area contributed by atoms with Crippen molar-refractivity contribution in [2.75, 3.05) is 5.48 Å². The first-order valence-corrected chi connectivity index (χ1v) is 5.19. The molecule has 0 aliphatic rings. The number of hydrogen-bond donors (Lipinski definition) is 3. The second kappa shape index (κ2) is 4.90. The van der Waals surface area contributed by atoms with Gasteiger partial charge in [-0.2, -0.15) is 4.73 Å². The number of ether oxygens (including phenoxy) is 1. The molecule has 3 N–H and O–H groups in total. The standard InChI is InChI=1S/C10H10N4O5/c1-5(15)19-4-8-11-9-6(12-16)2-3-7(13-17)10(9)14(8)18/h2-3,13,17-18H,4H2,1H3. The molecule has 9 nitrogen and oxygen atoms in total. The van der Waals surface area contributed by atoms with Gasteiger partial charge in [-0.25, -0.2) is 4.98 Å². The molecule has 2 aromatic rings. The highest BCUT2D eigenvalue weighted by molar-refractivity contribution is 5.96. The van der Waals surface area contributed by atoms with E-state index in [0.717, 1.165) is 0 Å². The molecule has 0 atom stereocenters. The third kappa shape index (κ3) is 2.18. The third-order valence-electron chi connectivity index (χ3n) is 2.45. The molecule has 0 spiro atoms. The first kappa shape index (κ1) is 12.8. The molecule has 1 heterocycles. The highest BCUT2D eigenvalue weighted by Crippen LogP contribution is 2.31. The molecule has 0 aliphatic carbocycles. The van der Waals surface area contributed by atoms with Gasteiger partial charge < -0.3 is 9.94 Å². The number of rotatable bonds is 4. The molecule has 9 heteroatoms. The van der Waals surface area contributed by atoms with Gasteiger partial charge in [0.2, 0.25) is 0 Å². The number of esters is 1. The van der Waals surface area contributed by atoms with Crippen LogP contribution < -0.4 is 5.48 Å². The van der Waals surface area contributed by atoms with Crippen LogP contribution >= 0.6 is 0 Å². The van der Waals surface area contributed by atoms with Gasteiger partial charge >= 0.3 is 5.97 Å². The van der Waals surface area contributed by atoms with Crippen molar-refractivity contribution < 1.29 is 19.9 Å². The van der Waals surface area contributed by atoms with Gasteiger partial charge in [0.1, 0.15) is 16.7 Å². The average molecular weight is 266 g/mol. The molecule has 0 unspecified atom stereocenters. The fourth-order valence-corrected chi connectivity index (χ4v) is 1.62. The predicted molar refractivity (Wildman–Crippen MR) is 63.3 cm³/mol. The molecule has 1 aromatic heterocycles. The molecule has 2 rings (SSSR count). The number of hydrogen-bond acceptors (Lipinski definition) is 8. The molecule has 0 saturated carbocycles. The number of carbonyl (C=O) groups excluding carboxylic acids is 1. The van der Waals surface area contributed by atoms with Crippen molar-refractivity contribution in [1.29, 1.82) is 0 Å². The Morgan fingerprint density at radius 3 is 2.89 bits per heavy atom. The molecule has 0 bridgehead atoms. The lowest BCUT2D eigenvalue weighted by molar-refractivity contribution is -0.142. The number of anilines is 1. The third-order valence-corrected chi connectivity index (χ3v) is 2.45. The van der Waals surface area contributed by atoms with E-state index in [0.29, 0.717) is 4.73 Å². The number of benzene rings is 1. The summed E-state index contributed by atoms with van der Waals surface area (Å²) in [6.07, 6.45) is 0. The minimum absolute atomic E-state index is 0.00204. The fourth-order valence-electron chi connectivity index (χ4n) is 1.62. The zero-order chi connectivity index (χ0) is 14.0. The van der Waals surface area contributed by atoms with Gasteiger partial charge in [-0.3, -0.25) is 15.5 Å². The number of fused-ring (bicyclic) bond motifs is 1. The zero-order valence-corrected chi connectivity index (χ0v) is 9.82. The van der Waals surface area contributed by atoms with Crippen LogP contribution in [0.4, 0.5) is 11.4 Å². The SMILES string of the molecule is CC(=O)OCc1nc2c(N=O)ccc(NO)c2n1O. The monoisotopic (exact) mass is 266 g/mol. The Morgan fingerprint density at radius 1 is 1.58 bits per heavy atom. The normalized spacial score (nSPS) is 10.4. The lowest BCUT2D eigenvalue weighted by Gasteiger charge is -2.04. The van der Waals surface area contributed by atoms with E-state index in [1.807, 2.05) is 5.48 Å². The van der Waals surface area contributed by atoms with Gasteiger partial charge in [-0.15, -0.1) is 4.91 Å². The molecule has 100 valence electrons. The van der Waals surface area contributed by atoms with Crippen LogP contribution in [0.25, 0.3) is 11.0 Å². The van der Waals surface area contributed by atoms with Crippen molar-refractivity contribution in [3.63, 3.8) is 0 Å². The Balaban J connectivity index is 2.59. The first-order valence-electron chi connectivity index (χ1n) is 5.19. The smallest absolute Gasteiger partial charge is 0.303 e. The van der Waals surface area contributed by atoms with Gasteiger partial charge in [0.25, 0.3) is 0 Å². The molecular weight excluding hydrogens is 256 g/mol. The van der Waals surface area contributed by atoms with Crippen molar-refractivity contribution in [2.24, 2.45) is 5.18 Å². The molecule has 0 amide bonds. The molecule has 0 aliphatic heterocycles. The quantitative estimate of drug-likeness (QED) is 0.331. The van der Waals surface area contributed by atoms with Crippen molar-refractivity contribution in [1.82, 2.24) is 9.71 Å². The van der Waals surface area contributed by atoms with Crippen molar-refractivity contribution in [3.8, 4) is 0 Å². The van der Waals surface area contributed by atoms with Gasteiger partial charge in [0.05, 0.1) is 5.69 Å². The maximum Gasteiger partial charge on any atom is 0.303 e. The summed E-state index contributed by atoms with van der Waals surface area (Å²) in [6, 6.07) is 2.68. The Kier molecular flexibility index (Phi) is 3.29. The second-order valence-electron chi connectivity index (χ2n) is 3.65. The highest BCUT2D eigenvalue weighted by Gasteiger charge is 2.18. The number of nitroso groups, excluding NO2 is 1. The fraction of sp³-hybridized carbons (Fsp3) is 0.200. The van der Waals surface area contributed by atoms with Gasteiger partial charge in [-0.05, 0) is 17.3 Å². The summed E-state index contributed by atoms with van der Waals surface area (Å²) in [7, 11) is 0. The summed E-state index contributed by atoms with van der Waals surface area (Å²) in [5, 5.41) is 21.6. The van der Waals surface area contributed by atoms with Gasteiger partial charge in [0.15, 0.2) is 12.4 Å². The summed E-state index contributed by atoms with van der Waals surface area (Å²) in [5.74, 6) is -0.543. The van der Waals surface area contributed by atoms with E-state index >= 15 is 0 Å². The van der Waals surface area contributed by atoms with Crippen LogP contribution in [-0.4, -0.2) is 26.1 Å². The largest absolute Gasteiger partial charge is 0.458 e. The second-order valence-corrected chi connectivity index (χ2v) is 3.65. The number of nitrogens with one attached hydrogen (secondary N) is 1. The Bertz CT molecular complexity index is 651. The zero-order valence-electron chi connectivity index (χ0n) is 9.82. The average Bonchev–Trinajstić information content (AvgIpc) is 2.73. The van der Waals surface area contributed by atoms with E-state index in [-0.39, 0.29) is 34.8 Å². The maximum atomic E-state index is 10.7. The topological polar surface area (TPSA) is 126 Å². The minimum atomic E-state index is -0.540. The van der Waals surface area contributed by atoms with E-state index in [1.54, 1.807) is 0 Å². The summed E-state index contributed by atoms with van der Waals surface area (Å²) in [4.78, 5) is 25.3. The minimum Gasteiger partial charge on any atom is -0.458 e. The van der Waals surface area contributed by atoms with Crippen LogP contribution in [0.1, 0.15) is 12.7 Å². The molecular formula is C10H10N4O5. The number of carbonyl (C=O) groups is 1. The molecule has 1 aromatic carbocycles. The summed E-state index contributed by atoms with van der Waals surface area (Å²) >= 11 is 0. The van der Waals surface area contributed by atoms with Crippen molar-refractivity contribution >= 4 is 28.4 Å². The first-order chi connectivity index (χ1) is 9.08. The van der Waals surface area contributed by atoms with Crippen molar-refractivity contribution in [2.45, 2.75) is 13.5 Å². The molecule has 0 fully saturated rings. The highest BCUT2D eigenvalue weighted by atomic mass is 16.5. The number of nitrogens with zero attached hydrogens (tertiary/aromatic N) is 3. The predicted octanol–water partition coefficient (Wildman–Crippen LogP) is 1.54. The Labute approximate surface area is 106 Å². The lowest BCUT2D eigenvalue weighted by atomic mass is 10.2. The van der Waals surface area contributed by atoms with Crippen LogP contribution in [0.5, 0.6) is 0 Å². The van der Waals surface area contributed by atoms with Crippen LogP contribution in [0.2, 0.25) is 0 Å². The van der Waals surface area contributed by atoms with Crippen LogP contribution in [0.3, 0.4) is 0 Å². The van der Waals surface area contributed by atoms with Crippen LogP contribution in [-0.2, 0) is 16.1 Å². The molecule has 19 heavy (non-hydrogen) atoms. The lowest BCUT2D eigenvalue weighted by Crippen LogP contribution is -2.05. The summed E-state index contributed by atoms with van der Waals surface area (Å²) in [6.45, 7) is 0.938. The van der Waals surface area contributed by atoms with E-state index in [4.69, 9.17) is 9.94 Å². The van der Waals surface area contributed by atoms with E-state index in [2.05, 4.69) is 10.2 Å². The van der Waals surface area contributed by atoms with E-state index < -0.39 is 5.97 Å². The van der Waals surface area contributed by atoms with Crippen LogP contribution in [0.15, 0.2) is 17.3 Å². The van der Waals surface area contributed by atoms with Crippen molar-refractivity contribution in [3.05, 3.63) is 22.9 Å². The van der Waals surface area contributed by atoms with E-state index in [9.17, 15) is 14.9 Å². The van der Waals surface area contributed by atoms with Crippen LogP contribution in [0, 0.1) is 4.91 Å². The van der Waals surface area contributed by atoms with Gasteiger partial charge in [-0.1, -0.05) is 0 Å².